The molecule has 0 bridgehead atoms. The highest BCUT2D eigenvalue weighted by Gasteiger charge is 2.25. The summed E-state index contributed by atoms with van der Waals surface area (Å²) in [4.78, 5) is 0. The first-order valence-corrected chi connectivity index (χ1v) is 7.21. The number of aromatic nitrogens is 2. The summed E-state index contributed by atoms with van der Waals surface area (Å²) >= 11 is 6.15. The monoisotopic (exact) mass is 311 g/mol. The van der Waals surface area contributed by atoms with Crippen molar-refractivity contribution in [1.29, 1.82) is 0 Å². The van der Waals surface area contributed by atoms with Crippen molar-refractivity contribution in [3.8, 4) is 5.75 Å². The molecular weight excluding hydrogens is 293 g/mol. The van der Waals surface area contributed by atoms with Gasteiger partial charge in [0, 0.05) is 7.05 Å². The molecule has 1 unspecified atom stereocenters. The standard InChI is InChI=1S/C15H19ClFN3O/c1-4-8-18-14(10-6-5-7-11(17)13(10)16)15-12(21-3)9-19-20(15)2/h5-7,9,14,18H,4,8H2,1-3H3. The summed E-state index contributed by atoms with van der Waals surface area (Å²) in [6.07, 6.45) is 2.59. The molecule has 1 heterocycles. The fraction of sp³-hybridized carbons (Fsp3) is 0.400. The minimum absolute atomic E-state index is 0.120. The summed E-state index contributed by atoms with van der Waals surface area (Å²) in [5, 5.41) is 7.71. The third-order valence-corrected chi connectivity index (χ3v) is 3.73. The largest absolute Gasteiger partial charge is 0.493 e. The molecule has 0 radical (unpaired) electrons. The molecule has 0 aliphatic carbocycles. The molecule has 2 rings (SSSR count). The van der Waals surface area contributed by atoms with Gasteiger partial charge >= 0.3 is 0 Å². The number of methoxy groups -OCH3 is 1. The predicted octanol–water partition coefficient (Wildman–Crippen LogP) is 3.31. The first kappa shape index (κ1) is 15.8. The van der Waals surface area contributed by atoms with Gasteiger partial charge in [0.2, 0.25) is 0 Å². The van der Waals surface area contributed by atoms with Gasteiger partial charge in [-0.15, -0.1) is 0 Å². The van der Waals surface area contributed by atoms with Gasteiger partial charge in [0.1, 0.15) is 11.5 Å². The molecule has 1 atom stereocenters. The Balaban J connectivity index is 2.52. The van der Waals surface area contributed by atoms with Gasteiger partial charge < -0.3 is 10.1 Å². The van der Waals surface area contributed by atoms with Gasteiger partial charge in [-0.3, -0.25) is 4.68 Å². The number of nitrogens with zero attached hydrogens (tertiary/aromatic N) is 2. The van der Waals surface area contributed by atoms with Crippen LogP contribution in [0.1, 0.15) is 30.6 Å². The van der Waals surface area contributed by atoms with E-state index in [9.17, 15) is 4.39 Å². The fourth-order valence-corrected chi connectivity index (χ4v) is 2.53. The quantitative estimate of drug-likeness (QED) is 0.889. The van der Waals surface area contributed by atoms with Gasteiger partial charge in [0.25, 0.3) is 0 Å². The second-order valence-corrected chi connectivity index (χ2v) is 5.13. The van der Waals surface area contributed by atoms with Gasteiger partial charge in [0.05, 0.1) is 24.4 Å². The lowest BCUT2D eigenvalue weighted by Gasteiger charge is -2.21. The summed E-state index contributed by atoms with van der Waals surface area (Å²) in [6, 6.07) is 4.53. The second kappa shape index (κ2) is 6.91. The SMILES string of the molecule is CCCNC(c1cccc(F)c1Cl)c1c(OC)cnn1C. The normalized spacial score (nSPS) is 12.4. The summed E-state index contributed by atoms with van der Waals surface area (Å²) in [6.45, 7) is 2.84. The number of ether oxygens (including phenoxy) is 1. The molecule has 0 amide bonds. The van der Waals surface area contributed by atoms with Crippen molar-refractivity contribution in [2.75, 3.05) is 13.7 Å². The zero-order valence-corrected chi connectivity index (χ0v) is 13.1. The molecular formula is C15H19ClFN3O. The van der Waals surface area contributed by atoms with E-state index in [4.69, 9.17) is 16.3 Å². The molecule has 1 N–H and O–H groups in total. The minimum atomic E-state index is -0.432. The molecule has 0 saturated carbocycles. The van der Waals surface area contributed by atoms with Crippen LogP contribution in [-0.2, 0) is 7.05 Å². The zero-order chi connectivity index (χ0) is 15.4. The predicted molar refractivity (Wildman–Crippen MR) is 81.3 cm³/mol. The van der Waals surface area contributed by atoms with Crippen molar-refractivity contribution in [2.45, 2.75) is 19.4 Å². The second-order valence-electron chi connectivity index (χ2n) is 4.75. The number of halogens is 2. The van der Waals surface area contributed by atoms with E-state index >= 15 is 0 Å². The smallest absolute Gasteiger partial charge is 0.161 e. The third-order valence-electron chi connectivity index (χ3n) is 3.33. The van der Waals surface area contributed by atoms with E-state index in [1.807, 2.05) is 13.1 Å². The zero-order valence-electron chi connectivity index (χ0n) is 12.4. The Bertz CT molecular complexity index is 615. The lowest BCUT2D eigenvalue weighted by Crippen LogP contribution is -2.26. The van der Waals surface area contributed by atoms with Crippen LogP contribution in [0.4, 0.5) is 4.39 Å². The van der Waals surface area contributed by atoms with Crippen LogP contribution in [0.25, 0.3) is 0 Å². The molecule has 2 aromatic rings. The van der Waals surface area contributed by atoms with E-state index in [2.05, 4.69) is 17.3 Å². The van der Waals surface area contributed by atoms with Crippen molar-refractivity contribution < 1.29 is 9.13 Å². The van der Waals surface area contributed by atoms with Crippen LogP contribution in [0.2, 0.25) is 5.02 Å². The fourth-order valence-electron chi connectivity index (χ4n) is 2.30. The molecule has 1 aromatic carbocycles. The maximum atomic E-state index is 13.8. The maximum Gasteiger partial charge on any atom is 0.161 e. The first-order chi connectivity index (χ1) is 10.1. The number of benzene rings is 1. The molecule has 114 valence electrons. The van der Waals surface area contributed by atoms with Gasteiger partial charge in [-0.1, -0.05) is 30.7 Å². The third kappa shape index (κ3) is 3.19. The Morgan fingerprint density at radius 3 is 2.90 bits per heavy atom. The van der Waals surface area contributed by atoms with E-state index in [0.717, 1.165) is 18.7 Å². The van der Waals surface area contributed by atoms with Gasteiger partial charge in [0.15, 0.2) is 5.75 Å². The number of hydrogen-bond donors (Lipinski definition) is 1. The van der Waals surface area contributed by atoms with Crippen LogP contribution in [0.15, 0.2) is 24.4 Å². The topological polar surface area (TPSA) is 39.1 Å². The number of nitrogens with one attached hydrogen (secondary N) is 1. The maximum absolute atomic E-state index is 13.8. The van der Waals surface area contributed by atoms with E-state index in [1.54, 1.807) is 24.1 Å². The average Bonchev–Trinajstić information content (AvgIpc) is 2.85. The van der Waals surface area contributed by atoms with Gasteiger partial charge in [-0.2, -0.15) is 5.10 Å². The van der Waals surface area contributed by atoms with Crippen LogP contribution in [0.5, 0.6) is 5.75 Å². The molecule has 0 spiro atoms. The van der Waals surface area contributed by atoms with E-state index in [0.29, 0.717) is 11.3 Å². The highest BCUT2D eigenvalue weighted by atomic mass is 35.5. The van der Waals surface area contributed by atoms with Crippen molar-refractivity contribution in [3.05, 3.63) is 46.5 Å². The summed E-state index contributed by atoms with van der Waals surface area (Å²) in [7, 11) is 3.41. The summed E-state index contributed by atoms with van der Waals surface area (Å²) in [5.74, 6) is 0.213. The Morgan fingerprint density at radius 1 is 1.48 bits per heavy atom. The summed E-state index contributed by atoms with van der Waals surface area (Å²) < 4.78 is 20.8. The Morgan fingerprint density at radius 2 is 2.24 bits per heavy atom. The highest BCUT2D eigenvalue weighted by Crippen LogP contribution is 2.34. The lowest BCUT2D eigenvalue weighted by molar-refractivity contribution is 0.400. The Labute approximate surface area is 128 Å². The molecule has 6 heteroatoms. The highest BCUT2D eigenvalue weighted by molar-refractivity contribution is 6.31. The minimum Gasteiger partial charge on any atom is -0.493 e. The lowest BCUT2D eigenvalue weighted by atomic mass is 10.0. The molecule has 0 fully saturated rings. The van der Waals surface area contributed by atoms with Crippen LogP contribution in [-0.4, -0.2) is 23.4 Å². The van der Waals surface area contributed by atoms with Crippen molar-refractivity contribution in [2.24, 2.45) is 7.05 Å². The number of hydrogen-bond acceptors (Lipinski definition) is 3. The number of rotatable bonds is 6. The van der Waals surface area contributed by atoms with E-state index in [1.165, 1.54) is 6.07 Å². The van der Waals surface area contributed by atoms with Gasteiger partial charge in [-0.25, -0.2) is 4.39 Å². The van der Waals surface area contributed by atoms with Crippen molar-refractivity contribution in [1.82, 2.24) is 15.1 Å². The molecule has 0 saturated heterocycles. The van der Waals surface area contributed by atoms with E-state index in [-0.39, 0.29) is 11.1 Å². The Kier molecular flexibility index (Phi) is 5.20. The molecule has 0 aliphatic heterocycles. The van der Waals surface area contributed by atoms with Crippen LogP contribution < -0.4 is 10.1 Å². The summed E-state index contributed by atoms with van der Waals surface area (Å²) in [5.41, 5.74) is 1.49. The average molecular weight is 312 g/mol. The van der Waals surface area contributed by atoms with Crippen LogP contribution in [0.3, 0.4) is 0 Å². The van der Waals surface area contributed by atoms with Crippen molar-refractivity contribution >= 4 is 11.6 Å². The molecule has 21 heavy (non-hydrogen) atoms. The van der Waals surface area contributed by atoms with E-state index < -0.39 is 5.82 Å². The van der Waals surface area contributed by atoms with Crippen LogP contribution in [0, 0.1) is 5.82 Å². The molecule has 1 aromatic heterocycles. The molecule has 4 nitrogen and oxygen atoms in total. The van der Waals surface area contributed by atoms with Crippen LogP contribution >= 0.6 is 11.6 Å². The first-order valence-electron chi connectivity index (χ1n) is 6.83. The molecule has 0 aliphatic rings. The Hall–Kier alpha value is -1.59. The van der Waals surface area contributed by atoms with Crippen molar-refractivity contribution in [3.63, 3.8) is 0 Å². The van der Waals surface area contributed by atoms with Gasteiger partial charge in [-0.05, 0) is 24.6 Å². The number of aryl methyl sites for hydroxylation is 1.